The monoisotopic (exact) mass is 452 g/mol. The Balaban J connectivity index is -0.0000000625. The summed E-state index contributed by atoms with van der Waals surface area (Å²) in [4.78, 5) is 35.7. The van der Waals surface area contributed by atoms with Crippen LogP contribution in [0.3, 0.4) is 0 Å². The van der Waals surface area contributed by atoms with Crippen molar-refractivity contribution >= 4 is 122 Å². The smallest absolute Gasteiger partial charge is 0.543 e. The Morgan fingerprint density at radius 2 is 0.571 bits per heavy atom. The Labute approximate surface area is 158 Å². The van der Waals surface area contributed by atoms with E-state index in [0.29, 0.717) is 0 Å². The molecule has 0 aliphatic carbocycles. The van der Waals surface area contributed by atoms with Crippen molar-refractivity contribution in [3.05, 3.63) is 0 Å². The molecule has 0 saturated carbocycles. The molecule has 14 heavy (non-hydrogen) atoms. The van der Waals surface area contributed by atoms with Gasteiger partial charge < -0.3 is 39.6 Å². The van der Waals surface area contributed by atoms with Gasteiger partial charge in [0.25, 0.3) is 0 Å². The molecule has 0 saturated heterocycles. The number of aliphatic carboxylic acids is 4. The fraction of sp³-hybridized carbons (Fsp3) is 0. The number of rotatable bonds is 0. The molecule has 10 heteroatoms. The molecule has 0 aromatic heterocycles. The van der Waals surface area contributed by atoms with Gasteiger partial charge in [0.1, 0.15) is 0 Å². The van der Waals surface area contributed by atoms with E-state index >= 15 is 0 Å². The van der Waals surface area contributed by atoms with E-state index in [1.807, 2.05) is 0 Å². The minimum Gasteiger partial charge on any atom is -0.543 e. The van der Waals surface area contributed by atoms with Crippen LogP contribution >= 0.6 is 0 Å². The Bertz CT molecular complexity index is 175. The molecule has 0 fully saturated rings. The maximum absolute atomic E-state index is 8.93. The van der Waals surface area contributed by atoms with Crippen molar-refractivity contribution < 1.29 is 39.6 Å². The first-order chi connectivity index (χ1) is 5.29. The second-order valence-electron chi connectivity index (χ2n) is 1.15. The first-order valence-electron chi connectivity index (χ1n) is 2.13. The zero-order valence-electron chi connectivity index (χ0n) is 6.68. The predicted molar refractivity (Wildman–Crippen MR) is 31.5 cm³/mol. The molecule has 0 aromatic carbocycles. The standard InChI is InChI=1S/2C2H2O4.2Ba/c2*3-1(4)2(5)6;;/h2*(H,3,4)(H,5,6);;/q;;2*+2/p-4. The van der Waals surface area contributed by atoms with E-state index in [1.165, 1.54) is 0 Å². The largest absolute Gasteiger partial charge is 2.00 e. The molecule has 8 nitrogen and oxygen atoms in total. The van der Waals surface area contributed by atoms with Gasteiger partial charge in [-0.25, -0.2) is 0 Å². The van der Waals surface area contributed by atoms with Crippen LogP contribution in [0.4, 0.5) is 0 Å². The molecule has 0 aliphatic heterocycles. The van der Waals surface area contributed by atoms with Gasteiger partial charge in [-0.3, -0.25) is 0 Å². The number of carboxylic acids is 4. The molecule has 0 heterocycles. The van der Waals surface area contributed by atoms with Crippen molar-refractivity contribution in [3.8, 4) is 0 Å². The summed E-state index contributed by atoms with van der Waals surface area (Å²) in [6.07, 6.45) is 0. The summed E-state index contributed by atoms with van der Waals surface area (Å²) >= 11 is 0. The number of hydrogen-bond acceptors (Lipinski definition) is 8. The van der Waals surface area contributed by atoms with Crippen LogP contribution in [-0.4, -0.2) is 122 Å². The van der Waals surface area contributed by atoms with Crippen LogP contribution < -0.4 is 20.4 Å². The molecule has 0 unspecified atom stereocenters. The van der Waals surface area contributed by atoms with Gasteiger partial charge in [0.15, 0.2) is 0 Å². The normalized spacial score (nSPS) is 6.29. The van der Waals surface area contributed by atoms with Gasteiger partial charge in [-0.15, -0.1) is 0 Å². The van der Waals surface area contributed by atoms with Crippen molar-refractivity contribution in [1.29, 1.82) is 0 Å². The fourth-order valence-corrected chi connectivity index (χ4v) is 0. The third-order valence-corrected chi connectivity index (χ3v) is 0.333. The van der Waals surface area contributed by atoms with E-state index in [-0.39, 0.29) is 97.8 Å². The van der Waals surface area contributed by atoms with Crippen LogP contribution in [0.15, 0.2) is 0 Å². The van der Waals surface area contributed by atoms with E-state index in [9.17, 15) is 0 Å². The van der Waals surface area contributed by atoms with Gasteiger partial charge in [0.2, 0.25) is 0 Å². The Morgan fingerprint density at radius 1 is 0.500 bits per heavy atom. The van der Waals surface area contributed by atoms with Crippen LogP contribution in [0.2, 0.25) is 0 Å². The van der Waals surface area contributed by atoms with Gasteiger partial charge >= 0.3 is 97.8 Å². The first-order valence-corrected chi connectivity index (χ1v) is 2.13. The fourth-order valence-electron chi connectivity index (χ4n) is 0. The van der Waals surface area contributed by atoms with Crippen molar-refractivity contribution in [2.75, 3.05) is 0 Å². The molecule has 0 rings (SSSR count). The van der Waals surface area contributed by atoms with Gasteiger partial charge in [-0.2, -0.15) is 0 Å². The predicted octanol–water partition coefficient (Wildman–Crippen LogP) is -7.79. The summed E-state index contributed by atoms with van der Waals surface area (Å²) in [6.45, 7) is 0. The van der Waals surface area contributed by atoms with Gasteiger partial charge in [-0.05, 0) is 0 Å². The van der Waals surface area contributed by atoms with Crippen molar-refractivity contribution in [3.63, 3.8) is 0 Å². The Hall–Kier alpha value is 1.02. The molecule has 0 bridgehead atoms. The Kier molecular flexibility index (Phi) is 24.4. The molecule has 0 radical (unpaired) electrons. The second kappa shape index (κ2) is 14.0. The van der Waals surface area contributed by atoms with E-state index in [4.69, 9.17) is 39.6 Å². The van der Waals surface area contributed by atoms with Crippen LogP contribution in [-0.2, 0) is 19.2 Å². The number of carbonyl (C=O) groups is 4. The molecule has 68 valence electrons. The molecule has 0 amide bonds. The summed E-state index contributed by atoms with van der Waals surface area (Å²) < 4.78 is 0. The summed E-state index contributed by atoms with van der Waals surface area (Å²) in [5, 5.41) is 35.7. The van der Waals surface area contributed by atoms with Gasteiger partial charge in [0.05, 0.1) is 23.9 Å². The topological polar surface area (TPSA) is 161 Å². The van der Waals surface area contributed by atoms with E-state index in [0.717, 1.165) is 0 Å². The number of hydrogen-bond donors (Lipinski definition) is 0. The summed E-state index contributed by atoms with van der Waals surface area (Å²) in [7, 11) is 0. The summed E-state index contributed by atoms with van der Waals surface area (Å²) in [5.41, 5.74) is 0. The zero-order valence-corrected chi connectivity index (χ0v) is 15.6. The van der Waals surface area contributed by atoms with Gasteiger partial charge in [0, 0.05) is 0 Å². The number of carbonyl (C=O) groups excluding carboxylic acids is 4. The van der Waals surface area contributed by atoms with E-state index < -0.39 is 23.9 Å². The van der Waals surface area contributed by atoms with Crippen LogP contribution in [0.5, 0.6) is 0 Å². The summed E-state index contributed by atoms with van der Waals surface area (Å²) in [5.74, 6) is -8.74. The minimum atomic E-state index is -2.19. The maximum Gasteiger partial charge on any atom is 2.00 e. The third-order valence-electron chi connectivity index (χ3n) is 0.333. The third kappa shape index (κ3) is 23.1. The van der Waals surface area contributed by atoms with E-state index in [2.05, 4.69) is 0 Å². The van der Waals surface area contributed by atoms with Crippen LogP contribution in [0, 0.1) is 0 Å². The zero-order chi connectivity index (χ0) is 10.3. The molecule has 0 aliphatic rings. The number of carboxylic acid groups (broad SMARTS) is 4. The molecular weight excluding hydrogens is 451 g/mol. The average Bonchev–Trinajstić information content (AvgIpc) is 1.88. The maximum atomic E-state index is 8.93. The molecule has 0 spiro atoms. The first kappa shape index (κ1) is 24.3. The molecule has 0 atom stereocenters. The quantitative estimate of drug-likeness (QED) is 0.260. The molecule has 0 aromatic rings. The van der Waals surface area contributed by atoms with E-state index in [1.54, 1.807) is 0 Å². The minimum absolute atomic E-state index is 0. The molecule has 0 N–H and O–H groups in total. The van der Waals surface area contributed by atoms with Crippen LogP contribution in [0.1, 0.15) is 0 Å². The summed E-state index contributed by atoms with van der Waals surface area (Å²) in [6, 6.07) is 0. The van der Waals surface area contributed by atoms with Gasteiger partial charge in [-0.1, -0.05) is 0 Å². The van der Waals surface area contributed by atoms with Crippen molar-refractivity contribution in [2.24, 2.45) is 0 Å². The van der Waals surface area contributed by atoms with Crippen molar-refractivity contribution in [1.82, 2.24) is 0 Å². The van der Waals surface area contributed by atoms with Crippen LogP contribution in [0.25, 0.3) is 0 Å². The van der Waals surface area contributed by atoms with Crippen molar-refractivity contribution in [2.45, 2.75) is 0 Å². The molecular formula is C4Ba2O8. The average molecular weight is 451 g/mol. The second-order valence-corrected chi connectivity index (χ2v) is 1.15. The SMILES string of the molecule is O=C([O-])C(=O)[O-].O=C([O-])C(=O)[O-].[Ba+2].[Ba+2]. The Morgan fingerprint density at radius 3 is 0.571 bits per heavy atom.